The number of hydrogen-bond acceptors (Lipinski definition) is 5. The van der Waals surface area contributed by atoms with Crippen LogP contribution in [0, 0.1) is 0 Å². The van der Waals surface area contributed by atoms with Crippen LogP contribution >= 0.6 is 0 Å². The van der Waals surface area contributed by atoms with Crippen LogP contribution in [0.2, 0.25) is 0 Å². The Kier molecular flexibility index (Phi) is 5.56. The Morgan fingerprint density at radius 1 is 1.15 bits per heavy atom. The minimum atomic E-state index is -0.470. The molecule has 27 heavy (non-hydrogen) atoms. The molecule has 0 saturated carbocycles. The minimum absolute atomic E-state index is 0.0478. The summed E-state index contributed by atoms with van der Waals surface area (Å²) in [5.74, 6) is 0.132. The van der Waals surface area contributed by atoms with Gasteiger partial charge in [0.25, 0.3) is 5.91 Å². The molecule has 138 valence electrons. The van der Waals surface area contributed by atoms with Crippen LogP contribution in [0.1, 0.15) is 12.5 Å². The second kappa shape index (κ2) is 8.23. The van der Waals surface area contributed by atoms with Crippen molar-refractivity contribution in [1.82, 2.24) is 5.43 Å². The number of nitrogens with zero attached hydrogens (tertiary/aromatic N) is 1. The quantitative estimate of drug-likeness (QED) is 0.462. The number of methoxy groups -OCH3 is 1. The van der Waals surface area contributed by atoms with Crippen LogP contribution in [0.5, 0.6) is 11.5 Å². The van der Waals surface area contributed by atoms with Crippen LogP contribution in [-0.2, 0) is 4.79 Å². The second-order valence-corrected chi connectivity index (χ2v) is 6.06. The molecule has 0 spiro atoms. The maximum absolute atomic E-state index is 12.3. The van der Waals surface area contributed by atoms with E-state index in [9.17, 15) is 9.90 Å². The van der Waals surface area contributed by atoms with Crippen molar-refractivity contribution in [1.29, 1.82) is 0 Å². The number of nitrogens with one attached hydrogen (secondary N) is 2. The Bertz CT molecular complexity index is 980. The maximum Gasteiger partial charge on any atom is 0.262 e. The molecule has 0 radical (unpaired) electrons. The van der Waals surface area contributed by atoms with Gasteiger partial charge >= 0.3 is 0 Å². The van der Waals surface area contributed by atoms with Crippen molar-refractivity contribution in [3.8, 4) is 11.5 Å². The van der Waals surface area contributed by atoms with E-state index in [4.69, 9.17) is 4.74 Å². The van der Waals surface area contributed by atoms with Crippen LogP contribution in [0.3, 0.4) is 0 Å². The Morgan fingerprint density at radius 2 is 1.93 bits per heavy atom. The zero-order valence-corrected chi connectivity index (χ0v) is 15.1. The van der Waals surface area contributed by atoms with Crippen LogP contribution in [-0.4, -0.2) is 30.4 Å². The molecule has 0 heterocycles. The standard InChI is InChI=1S/C21H21N3O3/c1-14(23-18-9-5-7-16-6-3-4-8-17(16)18)21(26)24-22-13-15-10-11-19(25)20(12-15)27-2/h3-14,23,25H,1-2H3,(H,24,26). The van der Waals surface area contributed by atoms with Crippen LogP contribution in [0.15, 0.2) is 65.8 Å². The molecule has 3 aromatic rings. The average molecular weight is 363 g/mol. The molecule has 1 unspecified atom stereocenters. The van der Waals surface area contributed by atoms with Gasteiger partial charge in [-0.1, -0.05) is 36.4 Å². The van der Waals surface area contributed by atoms with Gasteiger partial charge in [0.2, 0.25) is 0 Å². The highest BCUT2D eigenvalue weighted by Crippen LogP contribution is 2.25. The number of hydrogen-bond donors (Lipinski definition) is 3. The number of amides is 1. The van der Waals surface area contributed by atoms with Gasteiger partial charge in [0.1, 0.15) is 6.04 Å². The fourth-order valence-corrected chi connectivity index (χ4v) is 2.69. The van der Waals surface area contributed by atoms with Gasteiger partial charge in [-0.2, -0.15) is 5.10 Å². The number of ether oxygens (including phenoxy) is 1. The largest absolute Gasteiger partial charge is 0.504 e. The molecule has 0 aromatic heterocycles. The number of benzene rings is 3. The molecule has 0 bridgehead atoms. The van der Waals surface area contributed by atoms with Gasteiger partial charge in [0.15, 0.2) is 11.5 Å². The molecule has 0 saturated heterocycles. The van der Waals surface area contributed by atoms with Crippen molar-refractivity contribution in [3.63, 3.8) is 0 Å². The lowest BCUT2D eigenvalue weighted by molar-refractivity contribution is -0.121. The zero-order chi connectivity index (χ0) is 19.2. The molecule has 0 aliphatic rings. The van der Waals surface area contributed by atoms with Crippen molar-refractivity contribution >= 4 is 28.6 Å². The lowest BCUT2D eigenvalue weighted by Gasteiger charge is -2.15. The van der Waals surface area contributed by atoms with Gasteiger partial charge in [0, 0.05) is 11.1 Å². The van der Waals surface area contributed by atoms with Gasteiger partial charge < -0.3 is 15.2 Å². The van der Waals surface area contributed by atoms with E-state index in [2.05, 4.69) is 15.8 Å². The molecule has 1 atom stereocenters. The Hall–Kier alpha value is -3.54. The first-order valence-electron chi connectivity index (χ1n) is 8.52. The molecule has 0 fully saturated rings. The average Bonchev–Trinajstić information content (AvgIpc) is 2.69. The molecular weight excluding hydrogens is 342 g/mol. The number of carbonyl (C=O) groups excluding carboxylic acids is 1. The third-order valence-corrected chi connectivity index (χ3v) is 4.15. The monoisotopic (exact) mass is 363 g/mol. The third kappa shape index (κ3) is 4.36. The van der Waals surface area contributed by atoms with E-state index < -0.39 is 6.04 Å². The van der Waals surface area contributed by atoms with Gasteiger partial charge in [0.05, 0.1) is 13.3 Å². The van der Waals surface area contributed by atoms with Gasteiger partial charge in [-0.3, -0.25) is 4.79 Å². The SMILES string of the molecule is COc1cc(C=NNC(=O)C(C)Nc2cccc3ccccc23)ccc1O. The number of rotatable bonds is 6. The summed E-state index contributed by atoms with van der Waals surface area (Å²) < 4.78 is 5.04. The number of carbonyl (C=O) groups is 1. The molecule has 6 nitrogen and oxygen atoms in total. The number of phenolic OH excluding ortho intramolecular Hbond substituents is 1. The van der Waals surface area contributed by atoms with E-state index in [1.54, 1.807) is 19.1 Å². The first-order valence-corrected chi connectivity index (χ1v) is 8.52. The summed E-state index contributed by atoms with van der Waals surface area (Å²) in [7, 11) is 1.47. The molecule has 6 heteroatoms. The summed E-state index contributed by atoms with van der Waals surface area (Å²) in [6, 6.07) is 18.2. The van der Waals surface area contributed by atoms with Crippen molar-refractivity contribution in [2.75, 3.05) is 12.4 Å². The normalized spacial score (nSPS) is 12.1. The number of anilines is 1. The molecular formula is C21H21N3O3. The topological polar surface area (TPSA) is 83.0 Å². The van der Waals surface area contributed by atoms with E-state index in [1.807, 2.05) is 42.5 Å². The van der Waals surface area contributed by atoms with Crippen molar-refractivity contribution in [3.05, 3.63) is 66.2 Å². The summed E-state index contributed by atoms with van der Waals surface area (Å²) in [5, 5.41) is 18.9. The zero-order valence-electron chi connectivity index (χ0n) is 15.1. The second-order valence-electron chi connectivity index (χ2n) is 6.06. The summed E-state index contributed by atoms with van der Waals surface area (Å²) in [5.41, 5.74) is 4.10. The minimum Gasteiger partial charge on any atom is -0.504 e. The molecule has 3 rings (SSSR count). The lowest BCUT2D eigenvalue weighted by atomic mass is 10.1. The Morgan fingerprint density at radius 3 is 2.74 bits per heavy atom. The van der Waals surface area contributed by atoms with E-state index in [0.29, 0.717) is 11.3 Å². The highest BCUT2D eigenvalue weighted by molar-refractivity contribution is 5.96. The summed E-state index contributed by atoms with van der Waals surface area (Å²) in [6.07, 6.45) is 1.49. The molecule has 3 aromatic carbocycles. The van der Waals surface area contributed by atoms with E-state index >= 15 is 0 Å². The van der Waals surface area contributed by atoms with Crippen molar-refractivity contribution < 1.29 is 14.6 Å². The van der Waals surface area contributed by atoms with Crippen LogP contribution in [0.4, 0.5) is 5.69 Å². The van der Waals surface area contributed by atoms with E-state index in [-0.39, 0.29) is 11.7 Å². The molecule has 3 N–H and O–H groups in total. The summed E-state index contributed by atoms with van der Waals surface area (Å²) in [6.45, 7) is 1.77. The van der Waals surface area contributed by atoms with Crippen molar-refractivity contribution in [2.24, 2.45) is 5.10 Å². The molecule has 0 aliphatic carbocycles. The van der Waals surface area contributed by atoms with E-state index in [1.165, 1.54) is 19.4 Å². The van der Waals surface area contributed by atoms with Gasteiger partial charge in [-0.15, -0.1) is 0 Å². The predicted molar refractivity (Wildman–Crippen MR) is 107 cm³/mol. The predicted octanol–water partition coefficient (Wildman–Crippen LogP) is 3.50. The van der Waals surface area contributed by atoms with E-state index in [0.717, 1.165) is 16.5 Å². The molecule has 0 aliphatic heterocycles. The fraction of sp³-hybridized carbons (Fsp3) is 0.143. The Labute approximate surface area is 157 Å². The summed E-state index contributed by atoms with van der Waals surface area (Å²) in [4.78, 5) is 12.3. The first kappa shape index (κ1) is 18.3. The molecule has 1 amide bonds. The van der Waals surface area contributed by atoms with Crippen molar-refractivity contribution in [2.45, 2.75) is 13.0 Å². The van der Waals surface area contributed by atoms with Crippen LogP contribution < -0.4 is 15.5 Å². The van der Waals surface area contributed by atoms with Gasteiger partial charge in [-0.25, -0.2) is 5.43 Å². The third-order valence-electron chi connectivity index (χ3n) is 4.15. The van der Waals surface area contributed by atoms with Crippen LogP contribution in [0.25, 0.3) is 10.8 Å². The fourth-order valence-electron chi connectivity index (χ4n) is 2.69. The lowest BCUT2D eigenvalue weighted by Crippen LogP contribution is -2.34. The highest BCUT2D eigenvalue weighted by atomic mass is 16.5. The number of aromatic hydroxyl groups is 1. The maximum atomic E-state index is 12.3. The number of fused-ring (bicyclic) bond motifs is 1. The number of phenols is 1. The first-order chi connectivity index (χ1) is 13.1. The summed E-state index contributed by atoms with van der Waals surface area (Å²) >= 11 is 0. The Balaban J connectivity index is 1.64. The highest BCUT2D eigenvalue weighted by Gasteiger charge is 2.13. The van der Waals surface area contributed by atoms with Gasteiger partial charge in [-0.05, 0) is 42.1 Å². The smallest absolute Gasteiger partial charge is 0.262 e. The number of hydrazone groups is 1.